The number of benzene rings is 2. The summed E-state index contributed by atoms with van der Waals surface area (Å²) >= 11 is 0. The van der Waals surface area contributed by atoms with Gasteiger partial charge in [0.1, 0.15) is 11.6 Å². The molecular weight excluding hydrogens is 457 g/mol. The number of rotatable bonds is 6. The first kappa shape index (κ1) is 24.6. The first-order valence-corrected chi connectivity index (χ1v) is 13.2. The van der Waals surface area contributed by atoms with Gasteiger partial charge >= 0.3 is 0 Å². The molecule has 1 amide bonds. The Labute approximate surface area is 201 Å². The highest BCUT2D eigenvalue weighted by molar-refractivity contribution is 7.89. The van der Waals surface area contributed by atoms with Gasteiger partial charge in [0.25, 0.3) is 0 Å². The van der Waals surface area contributed by atoms with E-state index >= 15 is 0 Å². The average molecular weight is 490 g/mol. The van der Waals surface area contributed by atoms with Crippen LogP contribution in [0, 0.1) is 11.7 Å². The van der Waals surface area contributed by atoms with Crippen molar-refractivity contribution in [1.29, 1.82) is 0 Å². The third-order valence-electron chi connectivity index (χ3n) is 6.65. The Bertz CT molecular complexity index is 1080. The quantitative estimate of drug-likeness (QED) is 0.624. The summed E-state index contributed by atoms with van der Waals surface area (Å²) < 4.78 is 45.9. The molecule has 0 N–H and O–H groups in total. The van der Waals surface area contributed by atoms with E-state index < -0.39 is 15.8 Å². The van der Waals surface area contributed by atoms with E-state index in [9.17, 15) is 17.6 Å². The number of carbonyl (C=O) groups excluding carboxylic acids is 1. The van der Waals surface area contributed by atoms with Crippen molar-refractivity contribution >= 4 is 15.9 Å². The van der Waals surface area contributed by atoms with E-state index in [0.29, 0.717) is 32.5 Å². The molecule has 2 aromatic rings. The first-order valence-electron chi connectivity index (χ1n) is 11.8. The van der Waals surface area contributed by atoms with Crippen molar-refractivity contribution in [2.45, 2.75) is 30.7 Å². The number of sulfonamides is 1. The van der Waals surface area contributed by atoms with E-state index in [1.807, 2.05) is 17.0 Å². The van der Waals surface area contributed by atoms with E-state index in [0.717, 1.165) is 43.9 Å². The molecule has 34 heavy (non-hydrogen) atoms. The zero-order valence-electron chi connectivity index (χ0n) is 19.5. The first-order chi connectivity index (χ1) is 16.4. The van der Waals surface area contributed by atoms with Gasteiger partial charge in [-0.2, -0.15) is 4.31 Å². The molecule has 0 bridgehead atoms. The largest absolute Gasteiger partial charge is 0.497 e. The van der Waals surface area contributed by atoms with Crippen LogP contribution in [0.4, 0.5) is 4.39 Å². The topological polar surface area (TPSA) is 70.2 Å². The molecule has 0 spiro atoms. The molecule has 1 unspecified atom stereocenters. The van der Waals surface area contributed by atoms with Crippen molar-refractivity contribution in [2.24, 2.45) is 5.92 Å². The van der Waals surface area contributed by atoms with Gasteiger partial charge in [0.05, 0.1) is 17.9 Å². The van der Waals surface area contributed by atoms with Crippen molar-refractivity contribution in [3.05, 3.63) is 59.9 Å². The fraction of sp³-hybridized carbons (Fsp3) is 0.480. The number of carbonyl (C=O) groups is 1. The number of hydrogen-bond acceptors (Lipinski definition) is 5. The van der Waals surface area contributed by atoms with E-state index in [4.69, 9.17) is 4.74 Å². The van der Waals surface area contributed by atoms with E-state index in [-0.39, 0.29) is 23.3 Å². The molecule has 0 radical (unpaired) electrons. The normalized spacial score (nSPS) is 20.6. The average Bonchev–Trinajstić information content (AvgIpc) is 3.10. The molecule has 2 fully saturated rings. The van der Waals surface area contributed by atoms with Crippen LogP contribution in [-0.2, 0) is 21.4 Å². The van der Waals surface area contributed by atoms with Crippen LogP contribution in [0.5, 0.6) is 5.75 Å². The lowest BCUT2D eigenvalue weighted by Crippen LogP contribution is -2.47. The van der Waals surface area contributed by atoms with E-state index in [1.165, 1.54) is 22.0 Å². The van der Waals surface area contributed by atoms with Crippen molar-refractivity contribution in [2.75, 3.05) is 46.4 Å². The number of hydrogen-bond donors (Lipinski definition) is 0. The van der Waals surface area contributed by atoms with Crippen molar-refractivity contribution in [1.82, 2.24) is 14.1 Å². The Kier molecular flexibility index (Phi) is 7.85. The van der Waals surface area contributed by atoms with Gasteiger partial charge in [0.2, 0.25) is 15.9 Å². The molecule has 1 atom stereocenters. The van der Waals surface area contributed by atoms with Crippen LogP contribution >= 0.6 is 0 Å². The minimum absolute atomic E-state index is 0.0327. The smallest absolute Gasteiger partial charge is 0.243 e. The summed E-state index contributed by atoms with van der Waals surface area (Å²) in [5.74, 6) is 0.0367. The monoisotopic (exact) mass is 489 g/mol. The van der Waals surface area contributed by atoms with Crippen LogP contribution in [0.25, 0.3) is 0 Å². The van der Waals surface area contributed by atoms with Crippen LogP contribution in [-0.4, -0.2) is 74.8 Å². The Balaban J connectivity index is 1.35. The molecule has 2 aliphatic heterocycles. The minimum Gasteiger partial charge on any atom is -0.497 e. The van der Waals surface area contributed by atoms with Crippen LogP contribution in [0.15, 0.2) is 53.4 Å². The minimum atomic E-state index is -3.75. The number of nitrogens with zero attached hydrogens (tertiary/aromatic N) is 3. The highest BCUT2D eigenvalue weighted by Gasteiger charge is 2.35. The van der Waals surface area contributed by atoms with Crippen molar-refractivity contribution in [3.8, 4) is 5.75 Å². The summed E-state index contributed by atoms with van der Waals surface area (Å²) in [4.78, 5) is 17.6. The lowest BCUT2D eigenvalue weighted by atomic mass is 9.98. The lowest BCUT2D eigenvalue weighted by Gasteiger charge is -2.34. The fourth-order valence-corrected chi connectivity index (χ4v) is 6.24. The number of ether oxygens (including phenoxy) is 1. The SMILES string of the molecule is COc1ccc(CN2CCCN(C(=O)C3CCCN(S(=O)(=O)c4ccc(F)cc4)C3)CC2)cc1. The van der Waals surface area contributed by atoms with Gasteiger partial charge in [-0.1, -0.05) is 12.1 Å². The second kappa shape index (κ2) is 10.8. The second-order valence-electron chi connectivity index (χ2n) is 8.96. The van der Waals surface area contributed by atoms with Gasteiger partial charge in [-0.15, -0.1) is 0 Å². The van der Waals surface area contributed by atoms with Crippen molar-refractivity contribution in [3.63, 3.8) is 0 Å². The molecule has 2 aliphatic rings. The molecule has 2 aromatic carbocycles. The van der Waals surface area contributed by atoms with Crippen LogP contribution in [0.3, 0.4) is 0 Å². The second-order valence-corrected chi connectivity index (χ2v) is 10.9. The van der Waals surface area contributed by atoms with Crippen molar-refractivity contribution < 1.29 is 22.3 Å². The zero-order valence-corrected chi connectivity index (χ0v) is 20.3. The summed E-state index contributed by atoms with van der Waals surface area (Å²) in [6.07, 6.45) is 2.20. The summed E-state index contributed by atoms with van der Waals surface area (Å²) in [5, 5.41) is 0. The molecule has 9 heteroatoms. The van der Waals surface area contributed by atoms with E-state index in [1.54, 1.807) is 7.11 Å². The van der Waals surface area contributed by atoms with Crippen LogP contribution in [0.1, 0.15) is 24.8 Å². The fourth-order valence-electron chi connectivity index (χ4n) is 4.71. The molecule has 7 nitrogen and oxygen atoms in total. The predicted molar refractivity (Wildman–Crippen MR) is 127 cm³/mol. The number of halogens is 1. The summed E-state index contributed by atoms with van der Waals surface area (Å²) in [5.41, 5.74) is 1.20. The molecule has 0 saturated carbocycles. The molecular formula is C25H32FN3O4S. The summed E-state index contributed by atoms with van der Waals surface area (Å²) in [7, 11) is -2.10. The van der Waals surface area contributed by atoms with Crippen LogP contribution in [0.2, 0.25) is 0 Å². The maximum atomic E-state index is 13.3. The highest BCUT2D eigenvalue weighted by atomic mass is 32.2. The molecule has 4 rings (SSSR count). The third kappa shape index (κ3) is 5.76. The number of methoxy groups -OCH3 is 1. The van der Waals surface area contributed by atoms with Gasteiger partial charge in [0, 0.05) is 45.8 Å². The van der Waals surface area contributed by atoms with E-state index in [2.05, 4.69) is 17.0 Å². The Morgan fingerprint density at radius 1 is 0.971 bits per heavy atom. The Morgan fingerprint density at radius 2 is 1.71 bits per heavy atom. The Hall–Kier alpha value is -2.49. The predicted octanol–water partition coefficient (Wildman–Crippen LogP) is 2.97. The van der Waals surface area contributed by atoms with Gasteiger partial charge in [0.15, 0.2) is 0 Å². The summed E-state index contributed by atoms with van der Waals surface area (Å²) in [6, 6.07) is 12.9. The highest BCUT2D eigenvalue weighted by Crippen LogP contribution is 2.26. The standard InChI is InChI=1S/C25H32FN3O4S/c1-33-23-9-5-20(6-10-23)18-27-13-3-14-28(17-16-27)25(30)21-4-2-15-29(19-21)34(31,32)24-11-7-22(26)8-12-24/h5-12,21H,2-4,13-19H2,1H3. The van der Waals surface area contributed by atoms with Gasteiger partial charge in [-0.25, -0.2) is 12.8 Å². The Morgan fingerprint density at radius 3 is 2.41 bits per heavy atom. The molecule has 184 valence electrons. The number of piperidine rings is 1. The zero-order chi connectivity index (χ0) is 24.1. The molecule has 0 aromatic heterocycles. The third-order valence-corrected chi connectivity index (χ3v) is 8.53. The molecule has 2 heterocycles. The maximum absolute atomic E-state index is 13.3. The number of amides is 1. The summed E-state index contributed by atoms with van der Waals surface area (Å²) in [6.45, 7) is 4.37. The maximum Gasteiger partial charge on any atom is 0.243 e. The molecule has 2 saturated heterocycles. The van der Waals surface area contributed by atoms with Gasteiger partial charge in [-0.3, -0.25) is 9.69 Å². The van der Waals surface area contributed by atoms with Gasteiger partial charge < -0.3 is 9.64 Å². The van der Waals surface area contributed by atoms with Crippen LogP contribution < -0.4 is 4.74 Å². The van der Waals surface area contributed by atoms with Gasteiger partial charge in [-0.05, 0) is 61.2 Å². The molecule has 0 aliphatic carbocycles. The lowest BCUT2D eigenvalue weighted by molar-refractivity contribution is -0.136.